The van der Waals surface area contributed by atoms with Gasteiger partial charge in [-0.05, 0) is 76.2 Å². The largest absolute Gasteiger partial charge is 0.492 e. The Morgan fingerprint density at radius 1 is 1.13 bits per heavy atom. The molecule has 232 valence electrons. The Balaban J connectivity index is 1.47. The molecule has 0 saturated carbocycles. The number of unbranched alkanes of at least 4 members (excludes halogenated alkanes) is 1. The zero-order valence-electron chi connectivity index (χ0n) is 25.9. The van der Waals surface area contributed by atoms with Gasteiger partial charge in [0, 0.05) is 48.1 Å². The van der Waals surface area contributed by atoms with Gasteiger partial charge in [-0.25, -0.2) is 0 Å². The second-order valence-electron chi connectivity index (χ2n) is 10.8. The number of fused-ring (bicyclic) bond motifs is 1. The molecular weight excluding hydrogens is 586 g/mol. The standard InChI is InChI=1S/C36H38ClN5O3/c1-4-6-7-11-25-23-39-31-22-34(44-5-2)32(41-35(43)17-15-28-13-10-19-42(28)3)21-29(31)36(25)40-26-14-16-33(30(37)20-26)45-24-27-12-8-9-18-38-27/h8-9,12,14-18,20-23,28H,4-6,10,13,19,24H2,1-3H3,(H,39,40)(H,41,43)/b17-15+. The summed E-state index contributed by atoms with van der Waals surface area (Å²) < 4.78 is 11.8. The van der Waals surface area contributed by atoms with Gasteiger partial charge in [-0.1, -0.05) is 42.5 Å². The van der Waals surface area contributed by atoms with E-state index in [4.69, 9.17) is 26.1 Å². The van der Waals surface area contributed by atoms with Crippen LogP contribution < -0.4 is 20.1 Å². The molecule has 3 heterocycles. The van der Waals surface area contributed by atoms with Crippen LogP contribution in [0.3, 0.4) is 0 Å². The second kappa shape index (κ2) is 15.4. The van der Waals surface area contributed by atoms with Gasteiger partial charge in [0.25, 0.3) is 0 Å². The van der Waals surface area contributed by atoms with Crippen molar-refractivity contribution in [1.82, 2.24) is 14.9 Å². The molecule has 2 N–H and O–H groups in total. The Labute approximate surface area is 269 Å². The number of ether oxygens (including phenoxy) is 2. The summed E-state index contributed by atoms with van der Waals surface area (Å²) in [6.07, 6.45) is 10.9. The van der Waals surface area contributed by atoms with Crippen molar-refractivity contribution in [3.05, 3.63) is 89.4 Å². The van der Waals surface area contributed by atoms with E-state index in [0.29, 0.717) is 40.9 Å². The van der Waals surface area contributed by atoms with Crippen molar-refractivity contribution in [2.45, 2.75) is 52.2 Å². The number of amides is 1. The van der Waals surface area contributed by atoms with Crippen LogP contribution in [0.1, 0.15) is 50.8 Å². The van der Waals surface area contributed by atoms with Crippen LogP contribution in [-0.4, -0.2) is 47.0 Å². The van der Waals surface area contributed by atoms with E-state index in [1.165, 1.54) is 0 Å². The van der Waals surface area contributed by atoms with Gasteiger partial charge in [-0.15, -0.1) is 0 Å². The number of pyridine rings is 2. The van der Waals surface area contributed by atoms with Gasteiger partial charge in [0.15, 0.2) is 0 Å². The van der Waals surface area contributed by atoms with E-state index in [1.54, 1.807) is 18.5 Å². The van der Waals surface area contributed by atoms with E-state index in [-0.39, 0.29) is 11.9 Å². The molecule has 8 nitrogen and oxygen atoms in total. The van der Waals surface area contributed by atoms with Crippen LogP contribution in [0, 0.1) is 11.8 Å². The number of nitrogens with one attached hydrogen (secondary N) is 2. The van der Waals surface area contributed by atoms with Gasteiger partial charge in [-0.2, -0.15) is 0 Å². The van der Waals surface area contributed by atoms with E-state index in [1.807, 2.05) is 61.5 Å². The van der Waals surface area contributed by atoms with Gasteiger partial charge in [0.05, 0.1) is 39.8 Å². The first-order chi connectivity index (χ1) is 21.9. The lowest BCUT2D eigenvalue weighted by molar-refractivity contribution is -0.112. The molecule has 1 aliphatic rings. The Bertz CT molecular complexity index is 1730. The summed E-state index contributed by atoms with van der Waals surface area (Å²) in [5.74, 6) is 7.39. The van der Waals surface area contributed by atoms with Crippen molar-refractivity contribution in [3.8, 4) is 23.3 Å². The summed E-state index contributed by atoms with van der Waals surface area (Å²) in [5.41, 5.74) is 4.30. The third kappa shape index (κ3) is 8.33. The number of likely N-dealkylation sites (N-methyl/N-ethyl adjacent to an activating group) is 1. The number of benzene rings is 2. The van der Waals surface area contributed by atoms with Crippen molar-refractivity contribution in [3.63, 3.8) is 0 Å². The van der Waals surface area contributed by atoms with Crippen molar-refractivity contribution >= 4 is 45.5 Å². The van der Waals surface area contributed by atoms with Crippen LogP contribution in [0.25, 0.3) is 10.9 Å². The van der Waals surface area contributed by atoms with Crippen molar-refractivity contribution in [1.29, 1.82) is 0 Å². The van der Waals surface area contributed by atoms with E-state index in [9.17, 15) is 4.79 Å². The number of nitrogens with zero attached hydrogens (tertiary/aromatic N) is 3. The smallest absolute Gasteiger partial charge is 0.248 e. The molecule has 4 aromatic rings. The number of halogens is 1. The minimum Gasteiger partial charge on any atom is -0.492 e. The van der Waals surface area contributed by atoms with Gasteiger partial charge >= 0.3 is 0 Å². The predicted octanol–water partition coefficient (Wildman–Crippen LogP) is 7.75. The van der Waals surface area contributed by atoms with Crippen molar-refractivity contribution in [2.24, 2.45) is 0 Å². The van der Waals surface area contributed by atoms with Crippen LogP contribution >= 0.6 is 11.6 Å². The minimum absolute atomic E-state index is 0.218. The molecule has 1 aliphatic heterocycles. The van der Waals surface area contributed by atoms with Crippen molar-refractivity contribution in [2.75, 3.05) is 30.8 Å². The first-order valence-corrected chi connectivity index (χ1v) is 15.7. The van der Waals surface area contributed by atoms with Gasteiger partial charge in [0.1, 0.15) is 18.1 Å². The lowest BCUT2D eigenvalue weighted by Crippen LogP contribution is -2.23. The molecule has 0 aliphatic carbocycles. The van der Waals surface area contributed by atoms with Crippen LogP contribution in [0.4, 0.5) is 17.1 Å². The van der Waals surface area contributed by atoms with Gasteiger partial charge < -0.3 is 20.1 Å². The molecule has 0 bridgehead atoms. The molecule has 5 rings (SSSR count). The lowest BCUT2D eigenvalue weighted by atomic mass is 10.1. The fourth-order valence-corrected chi connectivity index (χ4v) is 5.37. The fourth-order valence-electron chi connectivity index (χ4n) is 5.13. The summed E-state index contributed by atoms with van der Waals surface area (Å²) in [6.45, 7) is 5.79. The molecule has 9 heteroatoms. The van der Waals surface area contributed by atoms with E-state index >= 15 is 0 Å². The van der Waals surface area contributed by atoms with Gasteiger partial charge in [0.2, 0.25) is 5.91 Å². The Morgan fingerprint density at radius 3 is 2.76 bits per heavy atom. The number of carbonyl (C=O) groups excluding carboxylic acids is 1. The molecule has 0 radical (unpaired) electrons. The first kappa shape index (κ1) is 31.8. The Morgan fingerprint density at radius 2 is 2.02 bits per heavy atom. The molecule has 45 heavy (non-hydrogen) atoms. The lowest BCUT2D eigenvalue weighted by Gasteiger charge is -2.17. The maximum atomic E-state index is 13.0. The fraction of sp³-hybridized carbons (Fsp3) is 0.306. The monoisotopic (exact) mass is 623 g/mol. The summed E-state index contributed by atoms with van der Waals surface area (Å²) in [5, 5.41) is 7.78. The molecule has 1 saturated heterocycles. The summed E-state index contributed by atoms with van der Waals surface area (Å²) in [6, 6.07) is 15.2. The van der Waals surface area contributed by atoms with Crippen molar-refractivity contribution < 1.29 is 14.3 Å². The molecule has 0 spiro atoms. The molecule has 1 unspecified atom stereocenters. The van der Waals surface area contributed by atoms with Crippen LogP contribution in [0.5, 0.6) is 11.5 Å². The highest BCUT2D eigenvalue weighted by atomic mass is 35.5. The minimum atomic E-state index is -0.218. The predicted molar refractivity (Wildman–Crippen MR) is 181 cm³/mol. The number of likely N-dealkylation sites (tertiary alicyclic amines) is 1. The number of hydrogen-bond donors (Lipinski definition) is 2. The highest BCUT2D eigenvalue weighted by Crippen LogP contribution is 2.37. The summed E-state index contributed by atoms with van der Waals surface area (Å²) >= 11 is 6.65. The summed E-state index contributed by atoms with van der Waals surface area (Å²) in [4.78, 5) is 24.3. The third-order valence-corrected chi connectivity index (χ3v) is 7.77. The normalized spacial score (nSPS) is 14.7. The summed E-state index contributed by atoms with van der Waals surface area (Å²) in [7, 11) is 2.08. The SMILES string of the molecule is CCCC#Cc1cnc2cc(OCC)c(NC(=O)/C=C/C3CCCN3C)cc2c1Nc1ccc(OCc2ccccn2)c(Cl)c1. The quantitative estimate of drug-likeness (QED) is 0.130. The number of anilines is 3. The van der Waals surface area contributed by atoms with Gasteiger partial charge in [-0.3, -0.25) is 19.7 Å². The highest BCUT2D eigenvalue weighted by Gasteiger charge is 2.19. The average Bonchev–Trinajstić information content (AvgIpc) is 3.46. The molecular formula is C36H38ClN5O3. The van der Waals surface area contributed by atoms with E-state index in [0.717, 1.165) is 60.2 Å². The number of hydrogen-bond acceptors (Lipinski definition) is 7. The Hall–Kier alpha value is -4.58. The van der Waals surface area contributed by atoms with Crippen LogP contribution in [-0.2, 0) is 11.4 Å². The second-order valence-corrected chi connectivity index (χ2v) is 11.2. The topological polar surface area (TPSA) is 88.6 Å². The third-order valence-electron chi connectivity index (χ3n) is 7.47. The molecule has 1 amide bonds. The zero-order valence-corrected chi connectivity index (χ0v) is 26.7. The zero-order chi connectivity index (χ0) is 31.6. The number of rotatable bonds is 11. The molecule has 1 fully saturated rings. The van der Waals surface area contributed by atoms with Crippen LogP contribution in [0.2, 0.25) is 5.02 Å². The van der Waals surface area contributed by atoms with E-state index < -0.39 is 0 Å². The van der Waals surface area contributed by atoms with E-state index in [2.05, 4.69) is 46.3 Å². The van der Waals surface area contributed by atoms with Crippen LogP contribution in [0.15, 0.2) is 73.1 Å². The first-order valence-electron chi connectivity index (χ1n) is 15.3. The molecule has 1 atom stereocenters. The highest BCUT2D eigenvalue weighted by molar-refractivity contribution is 6.32. The Kier molecular flexibility index (Phi) is 10.9. The molecule has 2 aromatic carbocycles. The number of aromatic nitrogens is 2. The number of carbonyl (C=O) groups is 1. The maximum absolute atomic E-state index is 13.0. The molecule has 2 aromatic heterocycles. The average molecular weight is 624 g/mol. The maximum Gasteiger partial charge on any atom is 0.248 e.